The first-order valence-electron chi connectivity index (χ1n) is 7.69. The quantitative estimate of drug-likeness (QED) is 0.884. The van der Waals surface area contributed by atoms with Crippen LogP contribution in [0.3, 0.4) is 0 Å². The fourth-order valence-corrected chi connectivity index (χ4v) is 3.04. The van der Waals surface area contributed by atoms with Crippen LogP contribution < -0.4 is 15.2 Å². The average Bonchev–Trinajstić information content (AvgIpc) is 2.73. The van der Waals surface area contributed by atoms with E-state index in [0.717, 1.165) is 43.1 Å². The minimum absolute atomic E-state index is 0.0186. The van der Waals surface area contributed by atoms with Crippen molar-refractivity contribution in [3.8, 4) is 11.5 Å². The van der Waals surface area contributed by atoms with E-state index < -0.39 is 0 Å². The van der Waals surface area contributed by atoms with E-state index in [4.69, 9.17) is 15.2 Å². The number of likely N-dealkylation sites (N-methyl/N-ethyl adjacent to an activating group) is 2. The monoisotopic (exact) mass is 291 g/mol. The number of ether oxygens (including phenoxy) is 2. The third kappa shape index (κ3) is 3.15. The second kappa shape index (κ2) is 6.22. The maximum absolute atomic E-state index is 6.53. The van der Waals surface area contributed by atoms with Crippen LogP contribution in [0.1, 0.15) is 18.0 Å². The number of hydrogen-bond donors (Lipinski definition) is 1. The molecule has 2 atom stereocenters. The fourth-order valence-electron chi connectivity index (χ4n) is 3.04. The molecule has 2 heterocycles. The first-order valence-corrected chi connectivity index (χ1v) is 7.69. The van der Waals surface area contributed by atoms with Gasteiger partial charge in [-0.05, 0) is 31.8 Å². The molecule has 2 aliphatic rings. The molecule has 2 aliphatic heterocycles. The number of benzene rings is 1. The van der Waals surface area contributed by atoms with Crippen LogP contribution in [0.15, 0.2) is 18.2 Å². The Morgan fingerprint density at radius 1 is 1.14 bits per heavy atom. The van der Waals surface area contributed by atoms with Crippen LogP contribution in [-0.2, 0) is 0 Å². The van der Waals surface area contributed by atoms with Gasteiger partial charge in [0.25, 0.3) is 0 Å². The number of nitrogens with zero attached hydrogens (tertiary/aromatic N) is 2. The second-order valence-electron chi connectivity index (χ2n) is 6.09. The molecule has 3 rings (SSSR count). The van der Waals surface area contributed by atoms with Gasteiger partial charge in [-0.1, -0.05) is 6.07 Å². The Morgan fingerprint density at radius 3 is 2.71 bits per heavy atom. The van der Waals surface area contributed by atoms with Crippen LogP contribution in [0.2, 0.25) is 0 Å². The molecule has 2 unspecified atom stereocenters. The van der Waals surface area contributed by atoms with Gasteiger partial charge in [-0.2, -0.15) is 0 Å². The van der Waals surface area contributed by atoms with Crippen LogP contribution in [0, 0.1) is 0 Å². The number of hydrogen-bond acceptors (Lipinski definition) is 5. The van der Waals surface area contributed by atoms with Crippen molar-refractivity contribution in [2.24, 2.45) is 5.73 Å². The summed E-state index contributed by atoms with van der Waals surface area (Å²) in [5.74, 6) is 1.66. The van der Waals surface area contributed by atoms with Crippen LogP contribution >= 0.6 is 0 Å². The molecule has 0 aliphatic carbocycles. The van der Waals surface area contributed by atoms with Crippen molar-refractivity contribution in [1.29, 1.82) is 0 Å². The standard InChI is InChI=1S/C16H25N3O2/c1-18-6-7-19(2)13(11-18)16(17)12-4-5-14-15(10-12)21-9-3-8-20-14/h4-5,10,13,16H,3,6-9,11,17H2,1-2H3. The minimum Gasteiger partial charge on any atom is -0.490 e. The van der Waals surface area contributed by atoms with Crippen LogP contribution in [-0.4, -0.2) is 62.8 Å². The Morgan fingerprint density at radius 2 is 1.90 bits per heavy atom. The fraction of sp³-hybridized carbons (Fsp3) is 0.625. The first-order chi connectivity index (χ1) is 10.1. The Hall–Kier alpha value is -1.30. The Kier molecular flexibility index (Phi) is 4.33. The lowest BCUT2D eigenvalue weighted by molar-refractivity contribution is 0.0973. The predicted octanol–water partition coefficient (Wildman–Crippen LogP) is 1.09. The summed E-state index contributed by atoms with van der Waals surface area (Å²) in [5.41, 5.74) is 7.65. The number of fused-ring (bicyclic) bond motifs is 1. The zero-order valence-corrected chi connectivity index (χ0v) is 12.9. The Balaban J connectivity index is 1.80. The molecule has 0 amide bonds. The average molecular weight is 291 g/mol. The normalized spacial score (nSPS) is 25.4. The van der Waals surface area contributed by atoms with E-state index in [9.17, 15) is 0 Å². The van der Waals surface area contributed by atoms with Gasteiger partial charge < -0.3 is 20.1 Å². The highest BCUT2D eigenvalue weighted by molar-refractivity contribution is 5.44. The topological polar surface area (TPSA) is 51.0 Å². The molecule has 5 nitrogen and oxygen atoms in total. The lowest BCUT2D eigenvalue weighted by Crippen LogP contribution is -2.54. The van der Waals surface area contributed by atoms with Gasteiger partial charge in [-0.15, -0.1) is 0 Å². The van der Waals surface area contributed by atoms with E-state index in [1.807, 2.05) is 12.1 Å². The lowest BCUT2D eigenvalue weighted by Gasteiger charge is -2.40. The van der Waals surface area contributed by atoms with Crippen molar-refractivity contribution < 1.29 is 9.47 Å². The zero-order valence-electron chi connectivity index (χ0n) is 12.9. The van der Waals surface area contributed by atoms with E-state index in [1.54, 1.807) is 0 Å². The molecule has 1 fully saturated rings. The first kappa shape index (κ1) is 14.6. The molecule has 0 aromatic heterocycles. The van der Waals surface area contributed by atoms with Crippen molar-refractivity contribution in [2.75, 3.05) is 46.9 Å². The molecule has 1 aromatic carbocycles. The lowest BCUT2D eigenvalue weighted by atomic mass is 9.97. The summed E-state index contributed by atoms with van der Waals surface area (Å²) in [6.45, 7) is 4.57. The van der Waals surface area contributed by atoms with Crippen LogP contribution in [0.4, 0.5) is 0 Å². The SMILES string of the molecule is CN1CCN(C)C(C(N)c2ccc3c(c2)OCCCO3)C1. The van der Waals surface area contributed by atoms with Crippen LogP contribution in [0.5, 0.6) is 11.5 Å². The third-order valence-electron chi connectivity index (χ3n) is 4.47. The number of piperazine rings is 1. The van der Waals surface area contributed by atoms with Gasteiger partial charge >= 0.3 is 0 Å². The van der Waals surface area contributed by atoms with E-state index in [1.165, 1.54) is 0 Å². The summed E-state index contributed by atoms with van der Waals surface area (Å²) in [6, 6.07) is 6.42. The summed E-state index contributed by atoms with van der Waals surface area (Å²) in [5, 5.41) is 0. The molecule has 21 heavy (non-hydrogen) atoms. The Bertz CT molecular complexity index is 494. The molecule has 1 saturated heterocycles. The van der Waals surface area contributed by atoms with Gasteiger partial charge in [0.05, 0.1) is 13.2 Å². The van der Waals surface area contributed by atoms with Gasteiger partial charge in [0.15, 0.2) is 11.5 Å². The summed E-state index contributed by atoms with van der Waals surface area (Å²) in [6.07, 6.45) is 0.923. The number of nitrogens with two attached hydrogens (primary N) is 1. The van der Waals surface area contributed by atoms with Gasteiger partial charge in [0, 0.05) is 38.1 Å². The van der Waals surface area contributed by atoms with Gasteiger partial charge in [-0.3, -0.25) is 4.90 Å². The van der Waals surface area contributed by atoms with E-state index >= 15 is 0 Å². The molecule has 2 N–H and O–H groups in total. The summed E-state index contributed by atoms with van der Waals surface area (Å²) < 4.78 is 11.5. The molecule has 0 radical (unpaired) electrons. The molecule has 1 aromatic rings. The maximum Gasteiger partial charge on any atom is 0.161 e. The molecular weight excluding hydrogens is 266 g/mol. The van der Waals surface area contributed by atoms with Gasteiger partial charge in [0.2, 0.25) is 0 Å². The van der Waals surface area contributed by atoms with E-state index in [0.29, 0.717) is 19.3 Å². The van der Waals surface area contributed by atoms with Crippen molar-refractivity contribution in [3.63, 3.8) is 0 Å². The maximum atomic E-state index is 6.53. The van der Waals surface area contributed by atoms with Crippen molar-refractivity contribution in [3.05, 3.63) is 23.8 Å². The minimum atomic E-state index is -0.0186. The number of rotatable bonds is 2. The summed E-state index contributed by atoms with van der Waals surface area (Å²) in [4.78, 5) is 4.70. The van der Waals surface area contributed by atoms with Crippen molar-refractivity contribution >= 4 is 0 Å². The van der Waals surface area contributed by atoms with E-state index in [-0.39, 0.29) is 6.04 Å². The molecule has 5 heteroatoms. The summed E-state index contributed by atoms with van der Waals surface area (Å²) >= 11 is 0. The third-order valence-corrected chi connectivity index (χ3v) is 4.47. The highest BCUT2D eigenvalue weighted by Gasteiger charge is 2.29. The van der Waals surface area contributed by atoms with Gasteiger partial charge in [0.1, 0.15) is 0 Å². The molecule has 0 saturated carbocycles. The van der Waals surface area contributed by atoms with Crippen molar-refractivity contribution in [1.82, 2.24) is 9.80 Å². The summed E-state index contributed by atoms with van der Waals surface area (Å²) in [7, 11) is 4.31. The molecule has 116 valence electrons. The highest BCUT2D eigenvalue weighted by atomic mass is 16.5. The molecular formula is C16H25N3O2. The Labute approximate surface area is 126 Å². The van der Waals surface area contributed by atoms with Crippen molar-refractivity contribution in [2.45, 2.75) is 18.5 Å². The predicted molar refractivity (Wildman–Crippen MR) is 82.9 cm³/mol. The zero-order chi connectivity index (χ0) is 14.8. The van der Waals surface area contributed by atoms with Gasteiger partial charge in [-0.25, -0.2) is 0 Å². The highest BCUT2D eigenvalue weighted by Crippen LogP contribution is 2.33. The second-order valence-corrected chi connectivity index (χ2v) is 6.09. The van der Waals surface area contributed by atoms with Crippen LogP contribution in [0.25, 0.3) is 0 Å². The molecule has 0 spiro atoms. The smallest absolute Gasteiger partial charge is 0.161 e. The molecule has 0 bridgehead atoms. The van der Waals surface area contributed by atoms with E-state index in [2.05, 4.69) is 30.0 Å². The largest absolute Gasteiger partial charge is 0.490 e.